The van der Waals surface area contributed by atoms with E-state index in [0.717, 1.165) is 29.0 Å². The monoisotopic (exact) mass is 215 g/mol. The summed E-state index contributed by atoms with van der Waals surface area (Å²) in [7, 11) is 0. The lowest BCUT2D eigenvalue weighted by Gasteiger charge is -2.10. The Hall–Kier alpha value is -1.37. The van der Waals surface area contributed by atoms with Gasteiger partial charge in [0.25, 0.3) is 0 Å². The van der Waals surface area contributed by atoms with Crippen molar-refractivity contribution in [2.24, 2.45) is 4.99 Å². The number of aliphatic imine (C=N–C) groups is 1. The van der Waals surface area contributed by atoms with Crippen LogP contribution in [0.4, 0.5) is 5.69 Å². The highest BCUT2D eigenvalue weighted by molar-refractivity contribution is 5.86. The maximum absolute atomic E-state index is 4.66. The molecule has 0 spiro atoms. The molecule has 0 unspecified atom stereocenters. The van der Waals surface area contributed by atoms with Gasteiger partial charge in [-0.25, -0.2) is 0 Å². The van der Waals surface area contributed by atoms with Crippen LogP contribution in [0.3, 0.4) is 0 Å². The molecule has 1 nitrogen and oxygen atoms in total. The van der Waals surface area contributed by atoms with Crippen LogP contribution < -0.4 is 0 Å². The Bertz CT molecular complexity index is 439. The molecule has 0 fully saturated rings. The molecule has 0 heterocycles. The van der Waals surface area contributed by atoms with E-state index in [1.165, 1.54) is 11.1 Å². The highest BCUT2D eigenvalue weighted by Gasteiger charge is 2.05. The van der Waals surface area contributed by atoms with Crippen LogP contribution in [-0.4, -0.2) is 5.71 Å². The van der Waals surface area contributed by atoms with Crippen molar-refractivity contribution in [2.75, 3.05) is 0 Å². The third kappa shape index (κ3) is 2.82. The van der Waals surface area contributed by atoms with Gasteiger partial charge >= 0.3 is 0 Å². The summed E-state index contributed by atoms with van der Waals surface area (Å²) < 4.78 is 0. The molecule has 1 heteroatoms. The molecule has 0 bridgehead atoms. The molecule has 0 saturated heterocycles. The molecule has 1 aromatic carbocycles. The number of hydrogen-bond acceptors (Lipinski definition) is 1. The molecule has 86 valence electrons. The summed E-state index contributed by atoms with van der Waals surface area (Å²) in [5, 5.41) is 0. The fourth-order valence-electron chi connectivity index (χ4n) is 1.52. The molecule has 0 aromatic heterocycles. The van der Waals surface area contributed by atoms with E-state index in [9.17, 15) is 0 Å². The van der Waals surface area contributed by atoms with E-state index < -0.39 is 0 Å². The summed E-state index contributed by atoms with van der Waals surface area (Å²) in [5.41, 5.74) is 7.03. The lowest BCUT2D eigenvalue weighted by atomic mass is 10.00. The van der Waals surface area contributed by atoms with Crippen molar-refractivity contribution in [3.05, 3.63) is 35.4 Å². The Morgan fingerprint density at radius 3 is 2.25 bits per heavy atom. The van der Waals surface area contributed by atoms with Gasteiger partial charge in [0, 0.05) is 11.3 Å². The van der Waals surface area contributed by atoms with Crippen LogP contribution >= 0.6 is 0 Å². The molecule has 0 amide bonds. The summed E-state index contributed by atoms with van der Waals surface area (Å²) in [6, 6.07) is 4.33. The summed E-state index contributed by atoms with van der Waals surface area (Å²) in [6.07, 6.45) is 0.989. The van der Waals surface area contributed by atoms with Crippen molar-refractivity contribution in [1.82, 2.24) is 0 Å². The number of aryl methyl sites for hydroxylation is 2. The second-order valence-electron chi connectivity index (χ2n) is 4.43. The minimum atomic E-state index is 0.989. The first-order valence-corrected chi connectivity index (χ1v) is 5.77. The predicted octanol–water partition coefficient (Wildman–Crippen LogP) is 4.84. The average Bonchev–Trinajstić information content (AvgIpc) is 2.22. The Morgan fingerprint density at radius 2 is 1.75 bits per heavy atom. The molecule has 1 rings (SSSR count). The Morgan fingerprint density at radius 1 is 1.19 bits per heavy atom. The molecule has 0 aliphatic carbocycles. The molecule has 0 aliphatic rings. The molecular weight excluding hydrogens is 194 g/mol. The smallest absolute Gasteiger partial charge is 0.0706 e. The van der Waals surface area contributed by atoms with E-state index in [-0.39, 0.29) is 0 Å². The molecule has 0 N–H and O–H groups in total. The van der Waals surface area contributed by atoms with Gasteiger partial charge in [0.2, 0.25) is 0 Å². The fourth-order valence-corrected chi connectivity index (χ4v) is 1.52. The molecule has 0 saturated carbocycles. The van der Waals surface area contributed by atoms with Gasteiger partial charge in [-0.2, -0.15) is 0 Å². The third-order valence-corrected chi connectivity index (χ3v) is 2.89. The van der Waals surface area contributed by atoms with Crippen molar-refractivity contribution >= 4 is 17.0 Å². The minimum Gasteiger partial charge on any atom is -0.258 e. The Kier molecular flexibility index (Phi) is 4.05. The van der Waals surface area contributed by atoms with Gasteiger partial charge in [0.05, 0.1) is 5.69 Å². The van der Waals surface area contributed by atoms with Crippen LogP contribution in [0, 0.1) is 13.8 Å². The Labute approximate surface area is 98.9 Å². The molecule has 16 heavy (non-hydrogen) atoms. The summed E-state index contributed by atoms with van der Waals surface area (Å²) in [4.78, 5) is 4.66. The van der Waals surface area contributed by atoms with Crippen LogP contribution in [0.15, 0.2) is 23.7 Å². The van der Waals surface area contributed by atoms with Gasteiger partial charge in [0.15, 0.2) is 0 Å². The zero-order valence-corrected chi connectivity index (χ0v) is 11.0. The number of nitrogens with zero attached hydrogens (tertiary/aromatic N) is 1. The normalized spacial score (nSPS) is 11.7. The zero-order chi connectivity index (χ0) is 12.3. The van der Waals surface area contributed by atoms with E-state index in [1.807, 2.05) is 6.92 Å². The summed E-state index contributed by atoms with van der Waals surface area (Å²) >= 11 is 0. The van der Waals surface area contributed by atoms with Crippen molar-refractivity contribution < 1.29 is 0 Å². The maximum Gasteiger partial charge on any atom is 0.0706 e. The highest BCUT2D eigenvalue weighted by Crippen LogP contribution is 2.29. The van der Waals surface area contributed by atoms with E-state index in [4.69, 9.17) is 0 Å². The predicted molar refractivity (Wildman–Crippen MR) is 73.7 cm³/mol. The average molecular weight is 215 g/mol. The molecule has 0 atom stereocenters. The summed E-state index contributed by atoms with van der Waals surface area (Å²) in [6.45, 7) is 14.5. The van der Waals surface area contributed by atoms with Crippen molar-refractivity contribution in [1.29, 1.82) is 0 Å². The van der Waals surface area contributed by atoms with Gasteiger partial charge in [-0.15, -0.1) is 0 Å². The van der Waals surface area contributed by atoms with Crippen molar-refractivity contribution in [3.8, 4) is 0 Å². The second kappa shape index (κ2) is 5.11. The van der Waals surface area contributed by atoms with E-state index in [2.05, 4.69) is 51.4 Å². The van der Waals surface area contributed by atoms with E-state index in [0.29, 0.717) is 0 Å². The SMILES string of the molecule is C=C(C)c1cc(C)c(C)cc1N=C(C)CC. The van der Waals surface area contributed by atoms with Gasteiger partial charge in [0.1, 0.15) is 0 Å². The van der Waals surface area contributed by atoms with Crippen LogP contribution in [0.5, 0.6) is 0 Å². The lowest BCUT2D eigenvalue weighted by Crippen LogP contribution is -1.91. The first-order chi connectivity index (χ1) is 7.45. The quantitative estimate of drug-likeness (QED) is 0.640. The van der Waals surface area contributed by atoms with Gasteiger partial charge in [-0.3, -0.25) is 4.99 Å². The van der Waals surface area contributed by atoms with Crippen LogP contribution in [-0.2, 0) is 0 Å². The standard InChI is InChI=1S/C15H21N/c1-7-13(6)16-15-9-12(5)11(4)8-14(15)10(2)3/h8-9H,2,7H2,1,3-6H3. The number of rotatable bonds is 3. The molecular formula is C15H21N. The maximum atomic E-state index is 4.66. The summed E-state index contributed by atoms with van der Waals surface area (Å²) in [5.74, 6) is 0. The van der Waals surface area contributed by atoms with Gasteiger partial charge in [-0.1, -0.05) is 13.5 Å². The first kappa shape index (κ1) is 12.7. The first-order valence-electron chi connectivity index (χ1n) is 5.77. The third-order valence-electron chi connectivity index (χ3n) is 2.89. The zero-order valence-electron chi connectivity index (χ0n) is 11.0. The van der Waals surface area contributed by atoms with Gasteiger partial charge < -0.3 is 0 Å². The van der Waals surface area contributed by atoms with Gasteiger partial charge in [-0.05, 0) is 62.9 Å². The fraction of sp³-hybridized carbons (Fsp3) is 0.400. The number of hydrogen-bond donors (Lipinski definition) is 0. The molecule has 1 aromatic rings. The largest absolute Gasteiger partial charge is 0.258 e. The number of benzene rings is 1. The van der Waals surface area contributed by atoms with Crippen molar-refractivity contribution in [3.63, 3.8) is 0 Å². The molecule has 0 radical (unpaired) electrons. The Balaban J connectivity index is 3.36. The molecule has 0 aliphatic heterocycles. The van der Waals surface area contributed by atoms with E-state index >= 15 is 0 Å². The number of allylic oxidation sites excluding steroid dienone is 1. The van der Waals surface area contributed by atoms with Crippen LogP contribution in [0.2, 0.25) is 0 Å². The second-order valence-corrected chi connectivity index (χ2v) is 4.43. The van der Waals surface area contributed by atoms with E-state index in [1.54, 1.807) is 0 Å². The van der Waals surface area contributed by atoms with Crippen molar-refractivity contribution in [2.45, 2.75) is 41.0 Å². The van der Waals surface area contributed by atoms with Crippen LogP contribution in [0.1, 0.15) is 43.9 Å². The topological polar surface area (TPSA) is 12.4 Å². The lowest BCUT2D eigenvalue weighted by molar-refractivity contribution is 1.24. The van der Waals surface area contributed by atoms with Crippen LogP contribution in [0.25, 0.3) is 5.57 Å². The minimum absolute atomic E-state index is 0.989. The highest BCUT2D eigenvalue weighted by atomic mass is 14.7.